The van der Waals surface area contributed by atoms with Crippen LogP contribution in [0, 0.1) is 0 Å². The fourth-order valence-corrected chi connectivity index (χ4v) is 2.05. The highest BCUT2D eigenvalue weighted by molar-refractivity contribution is 5.68. The maximum Gasteiger partial charge on any atom is 0.410 e. The molecule has 2 amide bonds. The van der Waals surface area contributed by atoms with Gasteiger partial charge in [0.1, 0.15) is 11.2 Å². The van der Waals surface area contributed by atoms with E-state index in [1.807, 2.05) is 41.5 Å². The first-order valence-electron chi connectivity index (χ1n) is 10.4. The molecule has 0 heterocycles. The van der Waals surface area contributed by atoms with Crippen LogP contribution in [-0.2, 0) is 18.9 Å². The topological polar surface area (TPSA) is 77.5 Å². The summed E-state index contributed by atoms with van der Waals surface area (Å²) in [6.45, 7) is 14.4. The zero-order valence-electron chi connectivity index (χ0n) is 19.7. The second-order valence-electron chi connectivity index (χ2n) is 9.09. The quantitative estimate of drug-likeness (QED) is 0.447. The lowest BCUT2D eigenvalue weighted by Gasteiger charge is -2.24. The molecule has 0 spiro atoms. The highest BCUT2D eigenvalue weighted by Crippen LogP contribution is 2.09. The maximum absolute atomic E-state index is 11.8. The van der Waals surface area contributed by atoms with Crippen molar-refractivity contribution in [2.24, 2.45) is 0 Å². The van der Waals surface area contributed by atoms with E-state index in [4.69, 9.17) is 18.9 Å². The van der Waals surface area contributed by atoms with Gasteiger partial charge in [-0.15, -0.1) is 0 Å². The molecular weight excluding hydrogens is 376 g/mol. The van der Waals surface area contributed by atoms with Gasteiger partial charge in [-0.25, -0.2) is 9.59 Å². The van der Waals surface area contributed by atoms with Crippen molar-refractivity contribution in [1.82, 2.24) is 9.80 Å². The Bertz CT molecular complexity index is 429. The maximum atomic E-state index is 11.8. The van der Waals surface area contributed by atoms with Gasteiger partial charge in [-0.3, -0.25) is 0 Å². The first-order chi connectivity index (χ1) is 13.3. The molecule has 0 aliphatic heterocycles. The van der Waals surface area contributed by atoms with Crippen LogP contribution >= 0.6 is 0 Å². The summed E-state index contributed by atoms with van der Waals surface area (Å²) in [5.41, 5.74) is -0.973. The van der Waals surface area contributed by atoms with Gasteiger partial charge in [0.25, 0.3) is 0 Å². The standard InChI is InChI=1S/C21H42N2O6/c1-20(2,3)28-18(24)22(7)12-16-26-14-10-9-11-15-27-17-13-23(8)19(25)29-21(4,5)6/h9-17H2,1-8H3. The van der Waals surface area contributed by atoms with Gasteiger partial charge in [-0.05, 0) is 60.8 Å². The molecule has 0 aliphatic carbocycles. The molecule has 0 saturated carbocycles. The molecular formula is C21H42N2O6. The molecule has 0 aromatic heterocycles. The predicted molar refractivity (Wildman–Crippen MR) is 113 cm³/mol. The van der Waals surface area contributed by atoms with E-state index in [9.17, 15) is 9.59 Å². The van der Waals surface area contributed by atoms with Crippen LogP contribution in [0.1, 0.15) is 60.8 Å². The van der Waals surface area contributed by atoms with E-state index in [1.54, 1.807) is 14.1 Å². The van der Waals surface area contributed by atoms with Crippen LogP contribution in [-0.4, -0.2) is 86.8 Å². The zero-order chi connectivity index (χ0) is 22.5. The summed E-state index contributed by atoms with van der Waals surface area (Å²) in [5.74, 6) is 0. The molecule has 0 radical (unpaired) electrons. The molecule has 0 saturated heterocycles. The molecule has 0 bridgehead atoms. The van der Waals surface area contributed by atoms with E-state index >= 15 is 0 Å². The van der Waals surface area contributed by atoms with Crippen molar-refractivity contribution in [1.29, 1.82) is 0 Å². The number of nitrogens with zero attached hydrogens (tertiary/aromatic N) is 2. The molecule has 29 heavy (non-hydrogen) atoms. The lowest BCUT2D eigenvalue weighted by atomic mass is 10.2. The van der Waals surface area contributed by atoms with E-state index in [2.05, 4.69) is 0 Å². The average Bonchev–Trinajstić information content (AvgIpc) is 2.56. The Morgan fingerprint density at radius 3 is 1.28 bits per heavy atom. The number of carbonyl (C=O) groups excluding carboxylic acids is 2. The smallest absolute Gasteiger partial charge is 0.410 e. The Morgan fingerprint density at radius 2 is 0.966 bits per heavy atom. The molecule has 8 nitrogen and oxygen atoms in total. The second-order valence-corrected chi connectivity index (χ2v) is 9.09. The summed E-state index contributed by atoms with van der Waals surface area (Å²) in [6, 6.07) is 0. The summed E-state index contributed by atoms with van der Waals surface area (Å²) in [7, 11) is 3.41. The Morgan fingerprint density at radius 1 is 0.621 bits per heavy atom. The first-order valence-corrected chi connectivity index (χ1v) is 10.4. The normalized spacial score (nSPS) is 11.9. The van der Waals surface area contributed by atoms with Crippen LogP contribution in [0.15, 0.2) is 0 Å². The van der Waals surface area contributed by atoms with Gasteiger partial charge in [0.15, 0.2) is 0 Å². The molecule has 0 N–H and O–H groups in total. The highest BCUT2D eigenvalue weighted by atomic mass is 16.6. The third-order valence-electron chi connectivity index (χ3n) is 3.63. The summed E-state index contributed by atoms with van der Waals surface area (Å²) < 4.78 is 21.7. The van der Waals surface area contributed by atoms with Gasteiger partial charge in [-0.2, -0.15) is 0 Å². The highest BCUT2D eigenvalue weighted by Gasteiger charge is 2.20. The minimum atomic E-state index is -0.487. The number of hydrogen-bond donors (Lipinski definition) is 0. The molecule has 0 aromatic carbocycles. The third kappa shape index (κ3) is 17.1. The fraction of sp³-hybridized carbons (Fsp3) is 0.905. The van der Waals surface area contributed by atoms with Crippen LogP contribution in [0.5, 0.6) is 0 Å². The monoisotopic (exact) mass is 418 g/mol. The number of likely N-dealkylation sites (N-methyl/N-ethyl adjacent to an activating group) is 2. The van der Waals surface area contributed by atoms with Gasteiger partial charge >= 0.3 is 12.2 Å². The van der Waals surface area contributed by atoms with Crippen LogP contribution in [0.3, 0.4) is 0 Å². The molecule has 0 fully saturated rings. The predicted octanol–water partition coefficient (Wildman–Crippen LogP) is 3.92. The Labute approximate surface area is 176 Å². The van der Waals surface area contributed by atoms with Crippen LogP contribution in [0.2, 0.25) is 0 Å². The molecule has 0 unspecified atom stereocenters. The van der Waals surface area contributed by atoms with Crippen molar-refractivity contribution in [3.8, 4) is 0 Å². The summed E-state index contributed by atoms with van der Waals surface area (Å²) in [4.78, 5) is 26.6. The molecule has 172 valence electrons. The Hall–Kier alpha value is -1.54. The summed E-state index contributed by atoms with van der Waals surface area (Å²) in [6.07, 6.45) is 2.21. The lowest BCUT2D eigenvalue weighted by molar-refractivity contribution is 0.0228. The first kappa shape index (κ1) is 27.5. The van der Waals surface area contributed by atoms with Crippen molar-refractivity contribution in [3.63, 3.8) is 0 Å². The van der Waals surface area contributed by atoms with Gasteiger partial charge in [0.2, 0.25) is 0 Å². The van der Waals surface area contributed by atoms with Gasteiger partial charge in [0, 0.05) is 40.4 Å². The molecule has 8 heteroatoms. The Kier molecular flexibility index (Phi) is 12.9. The van der Waals surface area contributed by atoms with E-state index in [-0.39, 0.29) is 12.2 Å². The largest absolute Gasteiger partial charge is 0.444 e. The molecule has 0 rings (SSSR count). The number of carbonyl (C=O) groups is 2. The molecule has 0 atom stereocenters. The van der Waals surface area contributed by atoms with E-state index in [0.29, 0.717) is 39.5 Å². The van der Waals surface area contributed by atoms with Crippen molar-refractivity contribution < 1.29 is 28.5 Å². The summed E-state index contributed by atoms with van der Waals surface area (Å²) in [5, 5.41) is 0. The van der Waals surface area contributed by atoms with Crippen LogP contribution in [0.4, 0.5) is 9.59 Å². The molecule has 0 aliphatic rings. The van der Waals surface area contributed by atoms with Crippen LogP contribution in [0.25, 0.3) is 0 Å². The van der Waals surface area contributed by atoms with Crippen molar-refractivity contribution in [2.75, 3.05) is 53.6 Å². The SMILES string of the molecule is CN(CCOCCCCCOCCN(C)C(=O)OC(C)(C)C)C(=O)OC(C)(C)C. The Balaban J connectivity index is 3.54. The van der Waals surface area contributed by atoms with Crippen molar-refractivity contribution in [2.45, 2.75) is 72.0 Å². The van der Waals surface area contributed by atoms with E-state index < -0.39 is 11.2 Å². The number of amides is 2. The number of unbranched alkanes of at least 4 members (excludes halogenated alkanes) is 2. The van der Waals surface area contributed by atoms with Gasteiger partial charge in [0.05, 0.1) is 13.2 Å². The van der Waals surface area contributed by atoms with Crippen molar-refractivity contribution >= 4 is 12.2 Å². The molecule has 0 aromatic rings. The zero-order valence-corrected chi connectivity index (χ0v) is 19.7. The average molecular weight is 419 g/mol. The number of ether oxygens (including phenoxy) is 4. The van der Waals surface area contributed by atoms with E-state index in [0.717, 1.165) is 19.3 Å². The minimum absolute atomic E-state index is 0.337. The van der Waals surface area contributed by atoms with Crippen LogP contribution < -0.4 is 0 Å². The van der Waals surface area contributed by atoms with Gasteiger partial charge in [-0.1, -0.05) is 0 Å². The lowest BCUT2D eigenvalue weighted by Crippen LogP contribution is -2.36. The second kappa shape index (κ2) is 13.6. The number of hydrogen-bond acceptors (Lipinski definition) is 6. The number of rotatable bonds is 12. The third-order valence-corrected chi connectivity index (χ3v) is 3.63. The summed E-state index contributed by atoms with van der Waals surface area (Å²) >= 11 is 0. The van der Waals surface area contributed by atoms with E-state index in [1.165, 1.54) is 9.80 Å². The fourth-order valence-electron chi connectivity index (χ4n) is 2.05. The minimum Gasteiger partial charge on any atom is -0.444 e. The van der Waals surface area contributed by atoms with Gasteiger partial charge < -0.3 is 28.7 Å². The van der Waals surface area contributed by atoms with Crippen molar-refractivity contribution in [3.05, 3.63) is 0 Å².